The van der Waals surface area contributed by atoms with E-state index in [1.165, 1.54) is 6.07 Å². The van der Waals surface area contributed by atoms with Crippen LogP contribution in [0.5, 0.6) is 0 Å². The smallest absolute Gasteiger partial charge is 0.399 e. The third kappa shape index (κ3) is 3.07. The highest BCUT2D eigenvalue weighted by molar-refractivity contribution is 5.46. The Morgan fingerprint density at radius 1 is 1.20 bits per heavy atom. The highest BCUT2D eigenvalue weighted by Gasteiger charge is 2.33. The molecule has 1 aromatic carbocycles. The quantitative estimate of drug-likeness (QED) is 0.607. The summed E-state index contributed by atoms with van der Waals surface area (Å²) >= 11 is 0. The molecule has 0 amide bonds. The molecule has 0 spiro atoms. The lowest BCUT2D eigenvalue weighted by Crippen LogP contribution is -2.12. The van der Waals surface area contributed by atoms with Crippen LogP contribution in [0.3, 0.4) is 0 Å². The van der Waals surface area contributed by atoms with Gasteiger partial charge in [-0.3, -0.25) is 0 Å². The second-order valence-corrected chi connectivity index (χ2v) is 3.01. The van der Waals surface area contributed by atoms with Crippen molar-refractivity contribution in [1.82, 2.24) is 0 Å². The number of nitrogens with two attached hydrogens (primary N) is 1. The van der Waals surface area contributed by atoms with E-state index in [2.05, 4.69) is 0 Å². The van der Waals surface area contributed by atoms with Crippen molar-refractivity contribution >= 4 is 5.69 Å². The van der Waals surface area contributed by atoms with Crippen LogP contribution in [-0.4, -0.2) is 6.43 Å². The number of hydrogen-bond acceptors (Lipinski definition) is 1. The zero-order valence-electron chi connectivity index (χ0n) is 7.48. The van der Waals surface area contributed by atoms with Gasteiger partial charge in [-0.25, -0.2) is 8.78 Å². The van der Waals surface area contributed by atoms with Crippen molar-refractivity contribution in [2.75, 3.05) is 5.73 Å². The second kappa shape index (κ2) is 4.04. The Morgan fingerprint density at radius 3 is 2.27 bits per heavy atom. The minimum absolute atomic E-state index is 0.0969. The van der Waals surface area contributed by atoms with E-state index in [-0.39, 0.29) is 5.69 Å². The molecular weight excluding hydrogens is 217 g/mol. The molecular formula is C9H8F5N. The number of benzene rings is 1. The van der Waals surface area contributed by atoms with Crippen LogP contribution in [0.1, 0.15) is 11.1 Å². The van der Waals surface area contributed by atoms with E-state index in [1.807, 2.05) is 0 Å². The Kier molecular flexibility index (Phi) is 3.16. The van der Waals surface area contributed by atoms with E-state index in [1.54, 1.807) is 0 Å². The van der Waals surface area contributed by atoms with Gasteiger partial charge in [-0.2, -0.15) is 13.2 Å². The zero-order chi connectivity index (χ0) is 11.6. The summed E-state index contributed by atoms with van der Waals surface area (Å²) in [6.07, 6.45) is -8.39. The number of anilines is 1. The molecule has 0 aliphatic carbocycles. The summed E-state index contributed by atoms with van der Waals surface area (Å²) in [6, 6.07) is 2.81. The average molecular weight is 225 g/mol. The van der Waals surface area contributed by atoms with Crippen LogP contribution in [-0.2, 0) is 12.6 Å². The maximum atomic E-state index is 12.4. The van der Waals surface area contributed by atoms with Gasteiger partial charge >= 0.3 is 6.18 Å². The topological polar surface area (TPSA) is 26.0 Å². The Balaban J connectivity index is 3.15. The van der Waals surface area contributed by atoms with Crippen molar-refractivity contribution in [1.29, 1.82) is 0 Å². The molecule has 0 heterocycles. The van der Waals surface area contributed by atoms with E-state index < -0.39 is 30.1 Å². The molecule has 0 aliphatic rings. The van der Waals surface area contributed by atoms with Gasteiger partial charge in [-0.15, -0.1) is 0 Å². The summed E-state index contributed by atoms with van der Waals surface area (Å²) in [5.74, 6) is 0. The molecule has 1 nitrogen and oxygen atoms in total. The largest absolute Gasteiger partial charge is 0.416 e. The van der Waals surface area contributed by atoms with E-state index in [0.717, 1.165) is 6.07 Å². The fourth-order valence-electron chi connectivity index (χ4n) is 1.20. The van der Waals surface area contributed by atoms with Crippen LogP contribution >= 0.6 is 0 Å². The minimum atomic E-state index is -4.65. The summed E-state index contributed by atoms with van der Waals surface area (Å²) in [4.78, 5) is 0. The molecule has 0 saturated heterocycles. The van der Waals surface area contributed by atoms with Gasteiger partial charge in [-0.1, -0.05) is 6.07 Å². The summed E-state index contributed by atoms with van der Waals surface area (Å²) in [7, 11) is 0. The lowest BCUT2D eigenvalue weighted by atomic mass is 10.0. The van der Waals surface area contributed by atoms with Crippen LogP contribution < -0.4 is 5.73 Å². The molecule has 2 N–H and O–H groups in total. The predicted octanol–water partition coefficient (Wildman–Crippen LogP) is 3.10. The van der Waals surface area contributed by atoms with Crippen molar-refractivity contribution in [2.24, 2.45) is 0 Å². The van der Waals surface area contributed by atoms with Crippen molar-refractivity contribution in [3.63, 3.8) is 0 Å². The molecule has 15 heavy (non-hydrogen) atoms. The minimum Gasteiger partial charge on any atom is -0.399 e. The SMILES string of the molecule is Nc1ccc(CC(F)F)c(C(F)(F)F)c1. The first kappa shape index (κ1) is 11.7. The lowest BCUT2D eigenvalue weighted by molar-refractivity contribution is -0.138. The standard InChI is InChI=1S/C9H8F5N/c10-8(11)3-5-1-2-6(15)4-7(5)9(12,13)14/h1-2,4,8H,3,15H2. The summed E-state index contributed by atoms with van der Waals surface area (Å²) < 4.78 is 61.1. The summed E-state index contributed by atoms with van der Waals surface area (Å²) in [6.45, 7) is 0. The summed E-state index contributed by atoms with van der Waals surface area (Å²) in [5, 5.41) is 0. The van der Waals surface area contributed by atoms with Gasteiger partial charge < -0.3 is 5.73 Å². The fourth-order valence-corrected chi connectivity index (χ4v) is 1.20. The van der Waals surface area contributed by atoms with Crippen LogP contribution in [0.4, 0.5) is 27.6 Å². The molecule has 0 unspecified atom stereocenters. The molecule has 0 aromatic heterocycles. The summed E-state index contributed by atoms with van der Waals surface area (Å²) in [5.41, 5.74) is 3.54. The molecule has 0 radical (unpaired) electrons. The van der Waals surface area contributed by atoms with Gasteiger partial charge in [0.05, 0.1) is 5.56 Å². The Morgan fingerprint density at radius 2 is 1.80 bits per heavy atom. The van der Waals surface area contributed by atoms with Gasteiger partial charge in [0.1, 0.15) is 0 Å². The van der Waals surface area contributed by atoms with E-state index in [4.69, 9.17) is 5.73 Å². The molecule has 0 saturated carbocycles. The molecule has 84 valence electrons. The van der Waals surface area contributed by atoms with Gasteiger partial charge in [0.25, 0.3) is 0 Å². The van der Waals surface area contributed by atoms with Crippen LogP contribution in [0.25, 0.3) is 0 Å². The Hall–Kier alpha value is -1.33. The molecule has 1 aromatic rings. The Bertz CT molecular complexity index is 345. The second-order valence-electron chi connectivity index (χ2n) is 3.01. The van der Waals surface area contributed by atoms with E-state index in [9.17, 15) is 22.0 Å². The Labute approximate surface area is 82.7 Å². The van der Waals surface area contributed by atoms with Gasteiger partial charge in [0, 0.05) is 12.1 Å². The molecule has 0 aliphatic heterocycles. The van der Waals surface area contributed by atoms with Crippen molar-refractivity contribution in [3.8, 4) is 0 Å². The van der Waals surface area contributed by atoms with Gasteiger partial charge in [0.2, 0.25) is 6.43 Å². The highest BCUT2D eigenvalue weighted by atomic mass is 19.4. The first-order valence-corrected chi connectivity index (χ1v) is 4.04. The first-order valence-electron chi connectivity index (χ1n) is 4.04. The molecule has 0 atom stereocenters. The average Bonchev–Trinajstić information content (AvgIpc) is 2.05. The predicted molar refractivity (Wildman–Crippen MR) is 45.6 cm³/mol. The fraction of sp³-hybridized carbons (Fsp3) is 0.333. The van der Waals surface area contributed by atoms with Crippen molar-refractivity contribution in [3.05, 3.63) is 29.3 Å². The maximum absolute atomic E-state index is 12.4. The molecule has 1 rings (SSSR count). The number of nitrogen functional groups attached to an aromatic ring is 1. The third-order valence-corrected chi connectivity index (χ3v) is 1.81. The van der Waals surface area contributed by atoms with E-state index >= 15 is 0 Å². The first-order chi connectivity index (χ1) is 6.80. The molecule has 6 heteroatoms. The number of rotatable bonds is 2. The highest BCUT2D eigenvalue weighted by Crippen LogP contribution is 2.34. The monoisotopic (exact) mass is 225 g/mol. The normalized spacial score (nSPS) is 12.1. The van der Waals surface area contributed by atoms with Crippen LogP contribution in [0.15, 0.2) is 18.2 Å². The number of hydrogen-bond donors (Lipinski definition) is 1. The van der Waals surface area contributed by atoms with Gasteiger partial charge in [0.15, 0.2) is 0 Å². The molecule has 0 fully saturated rings. The van der Waals surface area contributed by atoms with Crippen LogP contribution in [0, 0.1) is 0 Å². The van der Waals surface area contributed by atoms with Crippen LogP contribution in [0.2, 0.25) is 0 Å². The number of alkyl halides is 5. The third-order valence-electron chi connectivity index (χ3n) is 1.81. The van der Waals surface area contributed by atoms with Crippen molar-refractivity contribution < 1.29 is 22.0 Å². The maximum Gasteiger partial charge on any atom is 0.416 e. The zero-order valence-corrected chi connectivity index (χ0v) is 7.48. The van der Waals surface area contributed by atoms with E-state index in [0.29, 0.717) is 6.07 Å². The number of halogens is 5. The van der Waals surface area contributed by atoms with Gasteiger partial charge in [-0.05, 0) is 17.7 Å². The van der Waals surface area contributed by atoms with Crippen molar-refractivity contribution in [2.45, 2.75) is 19.0 Å². The molecule has 0 bridgehead atoms. The lowest BCUT2D eigenvalue weighted by Gasteiger charge is -2.13.